The molecule has 0 radical (unpaired) electrons. The summed E-state index contributed by atoms with van der Waals surface area (Å²) < 4.78 is 5.94. The zero-order valence-electron chi connectivity index (χ0n) is 8.84. The summed E-state index contributed by atoms with van der Waals surface area (Å²) in [6.45, 7) is 0.570. The predicted octanol–water partition coefficient (Wildman–Crippen LogP) is 3.55. The number of rotatable bonds is 6. The molecule has 0 aliphatic carbocycles. The number of hydrogen-bond acceptors (Lipinski definition) is 3. The summed E-state index contributed by atoms with van der Waals surface area (Å²) in [7, 11) is 1.65. The van der Waals surface area contributed by atoms with E-state index in [4.69, 9.17) is 27.9 Å². The Morgan fingerprint density at radius 2 is 2.38 bits per heavy atom. The lowest BCUT2D eigenvalue weighted by molar-refractivity contribution is 0.184. The highest BCUT2D eigenvalue weighted by atomic mass is 79.9. The molecule has 0 saturated carbocycles. The zero-order valence-corrected chi connectivity index (χ0v) is 11.9. The second-order valence-electron chi connectivity index (χ2n) is 3.26. The van der Waals surface area contributed by atoms with Crippen molar-refractivity contribution < 1.29 is 4.74 Å². The number of methoxy groups -OCH3 is 1. The topological polar surface area (TPSA) is 34.1 Å². The molecule has 0 bridgehead atoms. The number of aromatic nitrogens is 1. The molecule has 0 amide bonds. The first kappa shape index (κ1) is 14.0. The van der Waals surface area contributed by atoms with E-state index in [2.05, 4.69) is 26.2 Å². The third-order valence-electron chi connectivity index (χ3n) is 1.97. The fourth-order valence-corrected chi connectivity index (χ4v) is 2.19. The molecule has 0 saturated heterocycles. The molecule has 1 unspecified atom stereocenters. The van der Waals surface area contributed by atoms with E-state index in [1.165, 1.54) is 0 Å². The number of halogens is 3. The molecule has 0 aliphatic heterocycles. The minimum Gasteiger partial charge on any atom is -0.383 e. The zero-order chi connectivity index (χ0) is 12.0. The van der Waals surface area contributed by atoms with E-state index in [-0.39, 0.29) is 6.04 Å². The van der Waals surface area contributed by atoms with Crippen molar-refractivity contribution in [3.05, 3.63) is 21.8 Å². The van der Waals surface area contributed by atoms with Gasteiger partial charge in [0.25, 0.3) is 0 Å². The van der Waals surface area contributed by atoms with E-state index >= 15 is 0 Å². The second kappa shape index (κ2) is 7.33. The van der Waals surface area contributed by atoms with Crippen LogP contribution in [0.1, 0.15) is 6.42 Å². The molecule has 1 aromatic heterocycles. The number of hydrogen-bond donors (Lipinski definition) is 1. The summed E-state index contributed by atoms with van der Waals surface area (Å²) in [5.41, 5.74) is 0. The first-order chi connectivity index (χ1) is 7.67. The summed E-state index contributed by atoms with van der Waals surface area (Å²) >= 11 is 15.1. The highest BCUT2D eigenvalue weighted by Gasteiger charge is 2.10. The minimum absolute atomic E-state index is 0.119. The van der Waals surface area contributed by atoms with Crippen LogP contribution in [0, 0.1) is 0 Å². The lowest BCUT2D eigenvalue weighted by Gasteiger charge is -2.18. The molecule has 1 aromatic rings. The average molecular weight is 328 g/mol. The van der Waals surface area contributed by atoms with Crippen LogP contribution in [-0.4, -0.2) is 30.6 Å². The van der Waals surface area contributed by atoms with Gasteiger partial charge in [0.15, 0.2) is 0 Å². The molecule has 0 aliphatic rings. The molecule has 0 spiro atoms. The standard InChI is InChI=1S/C10H13BrCl2N2O/c1-16-6-8(2-3-12)15-10-9(13)4-7(11)5-14-10/h4-5,8H,2-3,6H2,1H3,(H,14,15). The van der Waals surface area contributed by atoms with Crippen LogP contribution in [0.4, 0.5) is 5.82 Å². The molecule has 16 heavy (non-hydrogen) atoms. The van der Waals surface area contributed by atoms with E-state index in [1.54, 1.807) is 19.4 Å². The molecular weight excluding hydrogens is 315 g/mol. The fourth-order valence-electron chi connectivity index (χ4n) is 1.24. The molecule has 1 rings (SSSR count). The summed E-state index contributed by atoms with van der Waals surface area (Å²) in [6, 6.07) is 1.91. The minimum atomic E-state index is 0.119. The highest BCUT2D eigenvalue weighted by molar-refractivity contribution is 9.10. The van der Waals surface area contributed by atoms with Gasteiger partial charge >= 0.3 is 0 Å². The molecule has 3 nitrogen and oxygen atoms in total. The lowest BCUT2D eigenvalue weighted by atomic mass is 10.2. The number of nitrogens with zero attached hydrogens (tertiary/aromatic N) is 1. The van der Waals surface area contributed by atoms with E-state index in [9.17, 15) is 0 Å². The van der Waals surface area contributed by atoms with Gasteiger partial charge in [-0.05, 0) is 28.4 Å². The number of ether oxygens (including phenoxy) is 1. The van der Waals surface area contributed by atoms with Crippen LogP contribution >= 0.6 is 39.1 Å². The van der Waals surface area contributed by atoms with Crippen molar-refractivity contribution in [2.75, 3.05) is 24.9 Å². The lowest BCUT2D eigenvalue weighted by Crippen LogP contribution is -2.26. The smallest absolute Gasteiger partial charge is 0.145 e. The van der Waals surface area contributed by atoms with E-state index in [0.29, 0.717) is 23.3 Å². The Labute approximate surface area is 114 Å². The van der Waals surface area contributed by atoms with Crippen LogP contribution < -0.4 is 5.32 Å². The second-order valence-corrected chi connectivity index (χ2v) is 4.96. The van der Waals surface area contributed by atoms with Gasteiger partial charge in [-0.2, -0.15) is 0 Å². The van der Waals surface area contributed by atoms with Gasteiger partial charge in [0.2, 0.25) is 0 Å². The maximum atomic E-state index is 6.05. The highest BCUT2D eigenvalue weighted by Crippen LogP contribution is 2.23. The van der Waals surface area contributed by atoms with Crippen molar-refractivity contribution >= 4 is 44.9 Å². The van der Waals surface area contributed by atoms with Crippen LogP contribution in [0.2, 0.25) is 5.02 Å². The quantitative estimate of drug-likeness (QED) is 0.811. The SMILES string of the molecule is COCC(CCCl)Nc1ncc(Br)cc1Cl. The normalized spacial score (nSPS) is 12.5. The van der Waals surface area contributed by atoms with Crippen LogP contribution in [0.5, 0.6) is 0 Å². The first-order valence-electron chi connectivity index (χ1n) is 4.80. The van der Waals surface area contributed by atoms with Crippen molar-refractivity contribution in [1.29, 1.82) is 0 Å². The third-order valence-corrected chi connectivity index (χ3v) is 2.91. The first-order valence-corrected chi connectivity index (χ1v) is 6.50. The Morgan fingerprint density at radius 3 is 2.94 bits per heavy atom. The molecule has 1 heterocycles. The Morgan fingerprint density at radius 1 is 1.62 bits per heavy atom. The molecule has 1 atom stereocenters. The third kappa shape index (κ3) is 4.45. The Balaban J connectivity index is 2.68. The Bertz CT molecular complexity index is 333. The van der Waals surface area contributed by atoms with E-state index in [1.807, 2.05) is 0 Å². The molecule has 0 fully saturated rings. The van der Waals surface area contributed by atoms with Crippen LogP contribution in [0.25, 0.3) is 0 Å². The molecule has 6 heteroatoms. The van der Waals surface area contributed by atoms with Crippen LogP contribution in [-0.2, 0) is 4.74 Å². The van der Waals surface area contributed by atoms with Crippen molar-refractivity contribution in [2.24, 2.45) is 0 Å². The number of pyridine rings is 1. The fraction of sp³-hybridized carbons (Fsp3) is 0.500. The van der Waals surface area contributed by atoms with Gasteiger partial charge in [-0.25, -0.2) is 4.98 Å². The van der Waals surface area contributed by atoms with Gasteiger partial charge in [0, 0.05) is 23.7 Å². The summed E-state index contributed by atoms with van der Waals surface area (Å²) in [4.78, 5) is 4.19. The van der Waals surface area contributed by atoms with Crippen molar-refractivity contribution in [3.63, 3.8) is 0 Å². The number of nitrogens with one attached hydrogen (secondary N) is 1. The van der Waals surface area contributed by atoms with Crippen LogP contribution in [0.15, 0.2) is 16.7 Å². The van der Waals surface area contributed by atoms with Gasteiger partial charge in [-0.1, -0.05) is 11.6 Å². The van der Waals surface area contributed by atoms with Crippen molar-refractivity contribution in [1.82, 2.24) is 4.98 Å². The molecule has 90 valence electrons. The van der Waals surface area contributed by atoms with Crippen molar-refractivity contribution in [2.45, 2.75) is 12.5 Å². The van der Waals surface area contributed by atoms with Gasteiger partial charge in [0.1, 0.15) is 5.82 Å². The number of anilines is 1. The number of alkyl halides is 1. The molecule has 1 N–H and O–H groups in total. The summed E-state index contributed by atoms with van der Waals surface area (Å²) in [5.74, 6) is 1.21. The predicted molar refractivity (Wildman–Crippen MR) is 71.6 cm³/mol. The van der Waals surface area contributed by atoms with Gasteiger partial charge in [0.05, 0.1) is 17.7 Å². The van der Waals surface area contributed by atoms with E-state index < -0.39 is 0 Å². The molecular formula is C10H13BrCl2N2O. The summed E-state index contributed by atoms with van der Waals surface area (Å²) in [6.07, 6.45) is 2.49. The Hall–Kier alpha value is -0.0300. The summed E-state index contributed by atoms with van der Waals surface area (Å²) in [5, 5.41) is 3.78. The van der Waals surface area contributed by atoms with Crippen LogP contribution in [0.3, 0.4) is 0 Å². The largest absolute Gasteiger partial charge is 0.383 e. The van der Waals surface area contributed by atoms with E-state index in [0.717, 1.165) is 10.9 Å². The average Bonchev–Trinajstić information content (AvgIpc) is 2.23. The van der Waals surface area contributed by atoms with Crippen molar-refractivity contribution in [3.8, 4) is 0 Å². The maximum Gasteiger partial charge on any atom is 0.145 e. The van der Waals surface area contributed by atoms with Gasteiger partial charge < -0.3 is 10.1 Å². The monoisotopic (exact) mass is 326 g/mol. The Kier molecular flexibility index (Phi) is 6.43. The molecule has 0 aromatic carbocycles. The van der Waals surface area contributed by atoms with Gasteiger partial charge in [-0.15, -0.1) is 11.6 Å². The maximum absolute atomic E-state index is 6.05. The van der Waals surface area contributed by atoms with Gasteiger partial charge in [-0.3, -0.25) is 0 Å².